The molecule has 1 aliphatic rings. The van der Waals surface area contributed by atoms with Crippen molar-refractivity contribution >= 4 is 23.3 Å². The van der Waals surface area contributed by atoms with Gasteiger partial charge in [-0.15, -0.1) is 5.10 Å². The summed E-state index contributed by atoms with van der Waals surface area (Å²) in [7, 11) is 3.10. The lowest BCUT2D eigenvalue weighted by Crippen LogP contribution is -2.26. The Labute approximate surface area is 144 Å². The molecule has 8 nitrogen and oxygen atoms in total. The second-order valence-corrected chi connectivity index (χ2v) is 5.21. The summed E-state index contributed by atoms with van der Waals surface area (Å²) in [5.41, 5.74) is 1.48. The fraction of sp³-hybridized carbons (Fsp3) is 0.333. The highest BCUT2D eigenvalue weighted by molar-refractivity contribution is 6.31. The number of nitrogens with one attached hydrogen (secondary N) is 1. The highest BCUT2D eigenvalue weighted by Crippen LogP contribution is 2.29. The maximum Gasteiger partial charge on any atom is 0.276 e. The molecule has 128 valence electrons. The van der Waals surface area contributed by atoms with Gasteiger partial charge in [0, 0.05) is 12.1 Å². The second-order valence-electron chi connectivity index (χ2n) is 4.80. The molecule has 0 saturated heterocycles. The van der Waals surface area contributed by atoms with Crippen LogP contribution in [0.5, 0.6) is 17.4 Å². The molecule has 2 aromatic heterocycles. The smallest absolute Gasteiger partial charge is 0.276 e. The van der Waals surface area contributed by atoms with Crippen LogP contribution in [0, 0.1) is 13.8 Å². The zero-order valence-electron chi connectivity index (χ0n) is 13.7. The van der Waals surface area contributed by atoms with E-state index in [1.54, 1.807) is 26.2 Å². The average Bonchev–Trinajstić information content (AvgIpc) is 2.56. The summed E-state index contributed by atoms with van der Waals surface area (Å²) in [5, 5.41) is 10.7. The molecule has 3 rings (SSSR count). The lowest BCUT2D eigenvalue weighted by molar-refractivity contribution is -0.118. The minimum absolute atomic E-state index is 0.0219. The van der Waals surface area contributed by atoms with Crippen molar-refractivity contribution in [1.29, 1.82) is 0 Å². The van der Waals surface area contributed by atoms with Crippen LogP contribution in [-0.4, -0.2) is 41.9 Å². The Morgan fingerprint density at radius 2 is 1.96 bits per heavy atom. The molecule has 0 spiro atoms. The number of aryl methyl sites for hydroxylation is 2. The number of rotatable bonds is 2. The summed E-state index contributed by atoms with van der Waals surface area (Å²) in [4.78, 5) is 15.0. The van der Waals surface area contributed by atoms with E-state index in [0.29, 0.717) is 33.9 Å². The fourth-order valence-electron chi connectivity index (χ4n) is 1.82. The third kappa shape index (κ3) is 4.23. The van der Waals surface area contributed by atoms with Gasteiger partial charge in [-0.1, -0.05) is 11.6 Å². The van der Waals surface area contributed by atoms with Gasteiger partial charge < -0.3 is 19.5 Å². The van der Waals surface area contributed by atoms with Crippen LogP contribution >= 0.6 is 11.6 Å². The van der Waals surface area contributed by atoms with Gasteiger partial charge in [0.1, 0.15) is 0 Å². The molecule has 1 N–H and O–H groups in total. The van der Waals surface area contributed by atoms with Crippen LogP contribution in [0.4, 0.5) is 5.82 Å². The van der Waals surface area contributed by atoms with Gasteiger partial charge in [-0.2, -0.15) is 5.10 Å². The first-order valence-electron chi connectivity index (χ1n) is 6.96. The maximum absolute atomic E-state index is 10.9. The molecule has 24 heavy (non-hydrogen) atoms. The number of ether oxygens (including phenoxy) is 3. The van der Waals surface area contributed by atoms with E-state index in [0.717, 1.165) is 5.69 Å². The Hall–Kier alpha value is -2.61. The van der Waals surface area contributed by atoms with Crippen molar-refractivity contribution in [3.8, 4) is 17.4 Å². The summed E-state index contributed by atoms with van der Waals surface area (Å²) < 4.78 is 15.0. The SMILES string of the molecule is COc1cc(C)nnc1OC.Cc1nc2c(cc1Cl)OCC(=O)N2. The van der Waals surface area contributed by atoms with Crippen LogP contribution in [0.15, 0.2) is 12.1 Å². The van der Waals surface area contributed by atoms with Crippen LogP contribution in [0.25, 0.3) is 0 Å². The molecular weight excluding hydrogens is 336 g/mol. The van der Waals surface area contributed by atoms with Gasteiger partial charge in [0.2, 0.25) is 0 Å². The number of pyridine rings is 1. The second kappa shape index (κ2) is 7.78. The minimum Gasteiger partial charge on any atom is -0.491 e. The van der Waals surface area contributed by atoms with Crippen LogP contribution in [-0.2, 0) is 4.79 Å². The highest BCUT2D eigenvalue weighted by atomic mass is 35.5. The number of nitrogens with zero attached hydrogens (tertiary/aromatic N) is 3. The van der Waals surface area contributed by atoms with E-state index in [1.807, 2.05) is 6.92 Å². The summed E-state index contributed by atoms with van der Waals surface area (Å²) >= 11 is 5.83. The van der Waals surface area contributed by atoms with Crippen molar-refractivity contribution in [2.24, 2.45) is 0 Å². The van der Waals surface area contributed by atoms with Gasteiger partial charge in [-0.3, -0.25) is 4.79 Å². The molecule has 0 aromatic carbocycles. The maximum atomic E-state index is 10.9. The van der Waals surface area contributed by atoms with Crippen LogP contribution in [0.1, 0.15) is 11.4 Å². The van der Waals surface area contributed by atoms with Crippen LogP contribution in [0.2, 0.25) is 5.02 Å². The number of carbonyl (C=O) groups excluding carboxylic acids is 1. The van der Waals surface area contributed by atoms with E-state index in [9.17, 15) is 4.79 Å². The van der Waals surface area contributed by atoms with E-state index in [-0.39, 0.29) is 12.5 Å². The van der Waals surface area contributed by atoms with Crippen LogP contribution in [0.3, 0.4) is 0 Å². The lowest BCUT2D eigenvalue weighted by atomic mass is 10.3. The Bertz CT molecular complexity index is 754. The molecular formula is C15H17ClN4O4. The van der Waals surface area contributed by atoms with Crippen molar-refractivity contribution in [2.75, 3.05) is 26.1 Å². The van der Waals surface area contributed by atoms with Gasteiger partial charge >= 0.3 is 0 Å². The van der Waals surface area contributed by atoms with Gasteiger partial charge in [0.15, 0.2) is 23.9 Å². The van der Waals surface area contributed by atoms with E-state index in [2.05, 4.69) is 20.5 Å². The standard InChI is InChI=1S/C8H7ClN2O2.C7H10N2O2/c1-4-5(9)2-6-8(10-4)11-7(12)3-13-6;1-5-4-6(10-2)7(11-3)9-8-5/h2H,3H2,1H3,(H,10,11,12);4H,1-3H3. The molecule has 0 fully saturated rings. The molecule has 1 amide bonds. The number of anilines is 1. The Morgan fingerprint density at radius 3 is 2.62 bits per heavy atom. The van der Waals surface area contributed by atoms with E-state index in [4.69, 9.17) is 25.8 Å². The Kier molecular flexibility index (Phi) is 5.75. The van der Waals surface area contributed by atoms with Crippen molar-refractivity contribution in [1.82, 2.24) is 15.2 Å². The molecule has 0 bridgehead atoms. The number of amides is 1. The van der Waals surface area contributed by atoms with Crippen molar-refractivity contribution in [3.63, 3.8) is 0 Å². The van der Waals surface area contributed by atoms with Gasteiger partial charge in [0.05, 0.1) is 30.6 Å². The number of aromatic nitrogens is 3. The van der Waals surface area contributed by atoms with Crippen LogP contribution < -0.4 is 19.5 Å². The number of methoxy groups -OCH3 is 2. The largest absolute Gasteiger partial charge is 0.491 e. The molecule has 0 saturated carbocycles. The molecule has 0 unspecified atom stereocenters. The first-order valence-corrected chi connectivity index (χ1v) is 7.34. The number of hydrogen-bond acceptors (Lipinski definition) is 7. The number of fused-ring (bicyclic) bond motifs is 1. The predicted molar refractivity (Wildman–Crippen MR) is 88.0 cm³/mol. The summed E-state index contributed by atoms with van der Waals surface area (Å²) in [6.07, 6.45) is 0. The van der Waals surface area contributed by atoms with Gasteiger partial charge in [-0.25, -0.2) is 4.98 Å². The molecule has 3 heterocycles. The fourth-order valence-corrected chi connectivity index (χ4v) is 1.96. The summed E-state index contributed by atoms with van der Waals surface area (Å²) in [6, 6.07) is 3.42. The molecule has 1 aliphatic heterocycles. The number of halogens is 1. The minimum atomic E-state index is -0.193. The van der Waals surface area contributed by atoms with Crippen molar-refractivity contribution in [3.05, 3.63) is 28.5 Å². The zero-order valence-corrected chi connectivity index (χ0v) is 14.5. The number of carbonyl (C=O) groups is 1. The van der Waals surface area contributed by atoms with Gasteiger partial charge in [0.25, 0.3) is 11.8 Å². The quantitative estimate of drug-likeness (QED) is 0.884. The van der Waals surface area contributed by atoms with E-state index >= 15 is 0 Å². The number of hydrogen-bond donors (Lipinski definition) is 1. The molecule has 9 heteroatoms. The van der Waals surface area contributed by atoms with Crippen molar-refractivity contribution in [2.45, 2.75) is 13.8 Å². The zero-order chi connectivity index (χ0) is 17.7. The third-order valence-corrected chi connectivity index (χ3v) is 3.38. The monoisotopic (exact) mass is 352 g/mol. The normalized spacial score (nSPS) is 12.1. The third-order valence-electron chi connectivity index (χ3n) is 3.00. The first-order chi connectivity index (χ1) is 11.4. The average molecular weight is 353 g/mol. The molecule has 0 radical (unpaired) electrons. The summed E-state index contributed by atoms with van der Waals surface area (Å²) in [6.45, 7) is 3.63. The molecule has 0 atom stereocenters. The van der Waals surface area contributed by atoms with E-state index in [1.165, 1.54) is 7.11 Å². The predicted octanol–water partition coefficient (Wildman–Crippen LogP) is 2.18. The Morgan fingerprint density at radius 1 is 1.21 bits per heavy atom. The Balaban J connectivity index is 0.000000177. The summed E-state index contributed by atoms with van der Waals surface area (Å²) in [5.74, 6) is 1.80. The highest BCUT2D eigenvalue weighted by Gasteiger charge is 2.18. The van der Waals surface area contributed by atoms with Crippen molar-refractivity contribution < 1.29 is 19.0 Å². The lowest BCUT2D eigenvalue weighted by Gasteiger charge is -2.17. The van der Waals surface area contributed by atoms with E-state index < -0.39 is 0 Å². The first kappa shape index (κ1) is 17.7. The molecule has 0 aliphatic carbocycles. The topological polar surface area (TPSA) is 95.5 Å². The molecule has 2 aromatic rings. The van der Waals surface area contributed by atoms with Gasteiger partial charge in [-0.05, 0) is 13.8 Å².